The first kappa shape index (κ1) is 14.5. The number of halogens is 2. The van der Waals surface area contributed by atoms with Gasteiger partial charge in [-0.15, -0.1) is 0 Å². The smallest absolute Gasteiger partial charge is 0.208 e. The Hall–Kier alpha value is -2.14. The fraction of sp³-hybridized carbons (Fsp3) is 0.167. The molecule has 2 aliphatic rings. The van der Waals surface area contributed by atoms with Gasteiger partial charge in [0.1, 0.15) is 0 Å². The Labute approximate surface area is 136 Å². The van der Waals surface area contributed by atoms with E-state index in [1.165, 1.54) is 18.0 Å². The lowest BCUT2D eigenvalue weighted by Crippen LogP contribution is -2.22. The van der Waals surface area contributed by atoms with Crippen LogP contribution in [0, 0.1) is 0 Å². The Morgan fingerprint density at radius 2 is 1.83 bits per heavy atom. The number of nitrogens with zero attached hydrogens (tertiary/aromatic N) is 2. The second-order valence-electron chi connectivity index (χ2n) is 6.01. The summed E-state index contributed by atoms with van der Waals surface area (Å²) in [5, 5.41) is 0. The summed E-state index contributed by atoms with van der Waals surface area (Å²) in [5.74, 6) is 0.446. The van der Waals surface area contributed by atoms with E-state index >= 15 is 0 Å². The molecule has 0 radical (unpaired) electrons. The number of hydrogen-bond acceptors (Lipinski definition) is 0. The SMILES string of the molecule is CC(C)c1ccc(C2=C3C=CC=[N+]3S(F)(F)n3cccc32)cc1. The molecule has 0 amide bonds. The summed E-state index contributed by atoms with van der Waals surface area (Å²) in [6, 6.07) is 11.7. The van der Waals surface area contributed by atoms with Crippen molar-refractivity contribution < 1.29 is 11.8 Å². The fourth-order valence-electron chi connectivity index (χ4n) is 3.06. The minimum atomic E-state index is -4.06. The van der Waals surface area contributed by atoms with Gasteiger partial charge in [0, 0.05) is 18.3 Å². The van der Waals surface area contributed by atoms with Crippen molar-refractivity contribution in [2.75, 3.05) is 0 Å². The molecule has 0 bridgehead atoms. The minimum Gasteiger partial charge on any atom is -0.208 e. The quantitative estimate of drug-likeness (QED) is 0.661. The van der Waals surface area contributed by atoms with E-state index in [-0.39, 0.29) is 0 Å². The van der Waals surface area contributed by atoms with E-state index in [0.717, 1.165) is 19.1 Å². The van der Waals surface area contributed by atoms with E-state index in [1.54, 1.807) is 24.3 Å². The van der Waals surface area contributed by atoms with Crippen LogP contribution in [0.3, 0.4) is 0 Å². The van der Waals surface area contributed by atoms with Crippen molar-refractivity contribution in [3.63, 3.8) is 0 Å². The van der Waals surface area contributed by atoms with Gasteiger partial charge in [-0.05, 0) is 29.2 Å². The van der Waals surface area contributed by atoms with Gasteiger partial charge in [-0.1, -0.05) is 49.9 Å². The van der Waals surface area contributed by atoms with Gasteiger partial charge in [-0.25, -0.2) is 3.97 Å². The molecule has 3 heterocycles. The van der Waals surface area contributed by atoms with Crippen molar-refractivity contribution >= 4 is 23.0 Å². The molecule has 0 N–H and O–H groups in total. The summed E-state index contributed by atoms with van der Waals surface area (Å²) in [6.07, 6.45) is 6.39. The van der Waals surface area contributed by atoms with E-state index in [1.807, 2.05) is 12.1 Å². The number of fused-ring (bicyclic) bond motifs is 2. The molecule has 2 aromatic rings. The van der Waals surface area contributed by atoms with Gasteiger partial charge in [0.25, 0.3) is 0 Å². The highest BCUT2D eigenvalue weighted by atomic mass is 32.3. The summed E-state index contributed by atoms with van der Waals surface area (Å²) in [5.41, 5.74) is 4.21. The molecule has 0 atom stereocenters. The maximum Gasteiger partial charge on any atom is 0.387 e. The molecule has 0 unspecified atom stereocenters. The van der Waals surface area contributed by atoms with Gasteiger partial charge >= 0.3 is 11.2 Å². The highest BCUT2D eigenvalue weighted by Crippen LogP contribution is 2.60. The predicted molar refractivity (Wildman–Crippen MR) is 91.7 cm³/mol. The van der Waals surface area contributed by atoms with Crippen LogP contribution in [0.5, 0.6) is 0 Å². The van der Waals surface area contributed by atoms with E-state index in [2.05, 4.69) is 26.0 Å². The molecule has 0 aliphatic carbocycles. The van der Waals surface area contributed by atoms with Gasteiger partial charge in [-0.2, -0.15) is 0 Å². The molecule has 1 aromatic heterocycles. The maximum absolute atomic E-state index is 14.7. The monoisotopic (exact) mass is 331 g/mol. The van der Waals surface area contributed by atoms with Gasteiger partial charge in [0.15, 0.2) is 6.21 Å². The van der Waals surface area contributed by atoms with Gasteiger partial charge in [0.2, 0.25) is 5.70 Å². The second kappa shape index (κ2) is 4.93. The first-order valence-electron chi connectivity index (χ1n) is 7.56. The Kier molecular flexibility index (Phi) is 3.10. The lowest BCUT2D eigenvalue weighted by molar-refractivity contribution is -0.296. The molecular weight excluding hydrogens is 314 g/mol. The second-order valence-corrected chi connectivity index (χ2v) is 7.62. The molecule has 118 valence electrons. The average Bonchev–Trinajstić information content (AvgIpc) is 3.18. The molecule has 0 saturated carbocycles. The number of benzene rings is 1. The zero-order chi connectivity index (χ0) is 16.2. The fourth-order valence-corrected chi connectivity index (χ4v) is 4.46. The summed E-state index contributed by atoms with van der Waals surface area (Å²) in [7, 11) is 0. The molecule has 4 rings (SSSR count). The maximum atomic E-state index is 14.7. The Morgan fingerprint density at radius 3 is 2.52 bits per heavy atom. The van der Waals surface area contributed by atoms with Crippen molar-refractivity contribution in [2.45, 2.75) is 19.8 Å². The van der Waals surface area contributed by atoms with E-state index in [0.29, 0.717) is 17.3 Å². The zero-order valence-corrected chi connectivity index (χ0v) is 13.7. The Morgan fingerprint density at radius 1 is 1.09 bits per heavy atom. The lowest BCUT2D eigenvalue weighted by Gasteiger charge is -2.26. The van der Waals surface area contributed by atoms with Crippen LogP contribution < -0.4 is 0 Å². The number of aromatic nitrogens is 1. The third-order valence-corrected chi connectivity index (χ3v) is 5.86. The van der Waals surface area contributed by atoms with Crippen LogP contribution >= 0.6 is 11.2 Å². The molecule has 1 aromatic carbocycles. The summed E-state index contributed by atoms with van der Waals surface area (Å²) < 4.78 is 31.7. The van der Waals surface area contributed by atoms with Gasteiger partial charge < -0.3 is 0 Å². The molecule has 0 fully saturated rings. The topological polar surface area (TPSA) is 7.94 Å². The first-order chi connectivity index (χ1) is 11.0. The van der Waals surface area contributed by atoms with Crippen LogP contribution in [0.4, 0.5) is 7.77 Å². The van der Waals surface area contributed by atoms with Crippen molar-refractivity contribution in [2.24, 2.45) is 0 Å². The molecule has 5 heteroatoms. The third kappa shape index (κ3) is 2.03. The highest BCUT2D eigenvalue weighted by Gasteiger charge is 2.49. The number of rotatable bonds is 2. The first-order valence-corrected chi connectivity index (χ1v) is 8.91. The van der Waals surface area contributed by atoms with Gasteiger partial charge in [-0.3, -0.25) is 0 Å². The van der Waals surface area contributed by atoms with Gasteiger partial charge in [0.05, 0.1) is 11.3 Å². The molecule has 2 aliphatic heterocycles. The van der Waals surface area contributed by atoms with E-state index in [4.69, 9.17) is 0 Å². The summed E-state index contributed by atoms with van der Waals surface area (Å²) in [6.45, 7) is 4.28. The highest BCUT2D eigenvalue weighted by molar-refractivity contribution is 8.18. The number of allylic oxidation sites excluding steroid dienone is 2. The average molecular weight is 331 g/mol. The molecule has 0 spiro atoms. The molecule has 23 heavy (non-hydrogen) atoms. The van der Waals surface area contributed by atoms with Crippen LogP contribution in [0.1, 0.15) is 36.6 Å². The lowest BCUT2D eigenvalue weighted by atomic mass is 9.96. The van der Waals surface area contributed by atoms with Crippen LogP contribution in [-0.4, -0.2) is 14.2 Å². The van der Waals surface area contributed by atoms with Crippen molar-refractivity contribution in [1.82, 2.24) is 3.97 Å². The summed E-state index contributed by atoms with van der Waals surface area (Å²) >= 11 is -4.06. The van der Waals surface area contributed by atoms with Crippen LogP contribution in [0.2, 0.25) is 0 Å². The minimum absolute atomic E-state index is 0.446. The molecule has 0 saturated heterocycles. The summed E-state index contributed by atoms with van der Waals surface area (Å²) in [4.78, 5) is 0. The number of hydrogen-bond donors (Lipinski definition) is 0. The van der Waals surface area contributed by atoms with Crippen LogP contribution in [-0.2, 0) is 0 Å². The Balaban J connectivity index is 1.94. The standard InChI is InChI=1S/C18H17F2N2S/c1-13(2)14-7-9-15(10-8-14)18-16-5-3-11-21(16)23(19,20)22-12-4-6-17(18)22/h3-13H,1-2H3/q+1. The van der Waals surface area contributed by atoms with Crippen molar-refractivity contribution in [3.8, 4) is 0 Å². The molecule has 2 nitrogen and oxygen atoms in total. The molecular formula is C18H17F2N2S+. The van der Waals surface area contributed by atoms with Crippen LogP contribution in [0.15, 0.2) is 60.4 Å². The largest absolute Gasteiger partial charge is 0.387 e. The Bertz CT molecular complexity index is 871. The normalized spacial score (nSPS) is 19.6. The van der Waals surface area contributed by atoms with Crippen molar-refractivity contribution in [3.05, 3.63) is 77.3 Å². The van der Waals surface area contributed by atoms with E-state index < -0.39 is 11.2 Å². The zero-order valence-electron chi connectivity index (χ0n) is 12.9. The van der Waals surface area contributed by atoms with Crippen molar-refractivity contribution in [1.29, 1.82) is 0 Å². The predicted octanol–water partition coefficient (Wildman–Crippen LogP) is 5.29. The third-order valence-electron chi connectivity index (χ3n) is 4.28. The van der Waals surface area contributed by atoms with Crippen LogP contribution in [0.25, 0.3) is 5.57 Å². The van der Waals surface area contributed by atoms with E-state index in [9.17, 15) is 7.77 Å².